The van der Waals surface area contributed by atoms with Crippen molar-refractivity contribution >= 4 is 94.5 Å². The zero-order chi connectivity index (χ0) is 40.4. The molecule has 0 aliphatic heterocycles. The molecular formula is C55H42N4Si. The molecule has 0 unspecified atom stereocenters. The lowest BCUT2D eigenvalue weighted by Crippen LogP contribution is -2.76. The Morgan fingerprint density at radius 2 is 0.850 bits per heavy atom. The summed E-state index contributed by atoms with van der Waals surface area (Å²) in [4.78, 5) is 16.8. The molecule has 0 N–H and O–H groups in total. The van der Waals surface area contributed by atoms with Crippen molar-refractivity contribution in [2.45, 2.75) is 26.2 Å². The van der Waals surface area contributed by atoms with Crippen LogP contribution in [0.4, 0.5) is 0 Å². The third kappa shape index (κ3) is 5.61. The fraction of sp³-hybridized carbons (Fsp3) is 0.0727. The highest BCUT2D eigenvalue weighted by molar-refractivity contribution is 7.19. The minimum atomic E-state index is -3.13. The van der Waals surface area contributed by atoms with Gasteiger partial charge in [-0.05, 0) is 79.1 Å². The van der Waals surface area contributed by atoms with Crippen LogP contribution in [-0.2, 0) is 5.41 Å². The van der Waals surface area contributed by atoms with Gasteiger partial charge in [0, 0.05) is 32.6 Å². The molecular weight excluding hydrogens is 745 g/mol. The number of nitrogens with zero attached hydrogens (tertiary/aromatic N) is 4. The van der Waals surface area contributed by atoms with E-state index < -0.39 is 8.07 Å². The van der Waals surface area contributed by atoms with E-state index in [0.717, 1.165) is 49.0 Å². The van der Waals surface area contributed by atoms with E-state index in [4.69, 9.17) is 15.0 Å². The van der Waals surface area contributed by atoms with Crippen molar-refractivity contribution in [3.8, 4) is 5.69 Å². The summed E-state index contributed by atoms with van der Waals surface area (Å²) in [6.45, 7) is 6.87. The van der Waals surface area contributed by atoms with E-state index in [1.165, 1.54) is 37.4 Å². The SMILES string of the molecule is CC(C)(C)c1ccc2c(c1)c1cc3cc(c4ccccc4c4nc([Si](c5ccccc5)(c5ccccc5)c5ccccc5)nc(n4)c4ccccc34)c1n2-c1ccccc1. The fourth-order valence-corrected chi connectivity index (χ4v) is 13.8. The molecule has 0 atom stereocenters. The molecule has 3 aromatic heterocycles. The number of para-hydroxylation sites is 1. The lowest BCUT2D eigenvalue weighted by Gasteiger charge is -2.32. The predicted octanol–water partition coefficient (Wildman–Crippen LogP) is 10.8. The molecule has 3 heterocycles. The Bertz CT molecular complexity index is 3350. The molecule has 4 bridgehead atoms. The van der Waals surface area contributed by atoms with Crippen LogP contribution in [0.15, 0.2) is 200 Å². The molecule has 0 aliphatic carbocycles. The van der Waals surface area contributed by atoms with E-state index in [9.17, 15) is 0 Å². The van der Waals surface area contributed by atoms with E-state index in [-0.39, 0.29) is 5.41 Å². The third-order valence-corrected chi connectivity index (χ3v) is 16.8. The Labute approximate surface area is 350 Å². The van der Waals surface area contributed by atoms with Gasteiger partial charge in [-0.1, -0.05) is 185 Å². The van der Waals surface area contributed by atoms with Gasteiger partial charge in [0.05, 0.1) is 11.0 Å². The zero-order valence-electron chi connectivity index (χ0n) is 33.8. The van der Waals surface area contributed by atoms with Crippen molar-refractivity contribution in [1.29, 1.82) is 0 Å². The van der Waals surface area contributed by atoms with E-state index >= 15 is 0 Å². The van der Waals surface area contributed by atoms with Crippen LogP contribution >= 0.6 is 0 Å². The van der Waals surface area contributed by atoms with Crippen LogP contribution in [0.3, 0.4) is 0 Å². The standard InChI is InChI=1S/C55H42N4Si/c1-55(2,3)38-32-33-50-47(36-38)49-35-37-34-48(51(49)59(50)39-20-8-4-9-21-39)44-29-17-19-31-46(44)53-56-52(45-30-18-16-28-43(37)45)57-54(58-53)60(40-22-10-5-11-23-40,41-24-12-6-13-25-41)42-26-14-7-15-27-42/h4-36H,1-3H3. The van der Waals surface area contributed by atoms with Crippen molar-refractivity contribution < 1.29 is 0 Å². The van der Waals surface area contributed by atoms with Gasteiger partial charge in [0.25, 0.3) is 0 Å². The molecule has 286 valence electrons. The lowest BCUT2D eigenvalue weighted by molar-refractivity contribution is 0.591. The monoisotopic (exact) mass is 786 g/mol. The number of hydrogen-bond acceptors (Lipinski definition) is 3. The van der Waals surface area contributed by atoms with Crippen LogP contribution in [0.2, 0.25) is 0 Å². The summed E-state index contributed by atoms with van der Waals surface area (Å²) >= 11 is 0. The molecule has 0 saturated carbocycles. The van der Waals surface area contributed by atoms with Crippen molar-refractivity contribution in [1.82, 2.24) is 19.5 Å². The second-order valence-corrected chi connectivity index (χ2v) is 20.5. The van der Waals surface area contributed by atoms with E-state index in [1.54, 1.807) is 0 Å². The van der Waals surface area contributed by atoms with Crippen molar-refractivity contribution in [3.63, 3.8) is 0 Å². The van der Waals surface area contributed by atoms with Crippen LogP contribution < -0.4 is 21.0 Å². The van der Waals surface area contributed by atoms with Gasteiger partial charge in [-0.15, -0.1) is 0 Å². The highest BCUT2D eigenvalue weighted by atomic mass is 28.3. The molecule has 4 nitrogen and oxygen atoms in total. The summed E-state index contributed by atoms with van der Waals surface area (Å²) in [6.07, 6.45) is 0. The highest BCUT2D eigenvalue weighted by Crippen LogP contribution is 2.41. The largest absolute Gasteiger partial charge is 0.309 e. The van der Waals surface area contributed by atoms with Gasteiger partial charge in [0.15, 0.2) is 11.3 Å². The van der Waals surface area contributed by atoms with Crippen molar-refractivity contribution in [2.24, 2.45) is 0 Å². The fourth-order valence-electron chi connectivity index (χ4n) is 9.40. The second-order valence-electron chi connectivity index (χ2n) is 16.8. The van der Waals surface area contributed by atoms with Crippen LogP contribution in [0.5, 0.6) is 0 Å². The number of rotatable bonds is 5. The average molecular weight is 787 g/mol. The van der Waals surface area contributed by atoms with Gasteiger partial charge in [0.1, 0.15) is 5.45 Å². The number of hydrogen-bond donors (Lipinski definition) is 0. The quantitative estimate of drug-likeness (QED) is 0.129. The van der Waals surface area contributed by atoms with Crippen LogP contribution in [0, 0.1) is 0 Å². The van der Waals surface area contributed by atoms with E-state index in [2.05, 4.69) is 226 Å². The molecule has 11 aromatic rings. The van der Waals surface area contributed by atoms with Crippen LogP contribution in [0.1, 0.15) is 26.3 Å². The molecule has 0 radical (unpaired) electrons. The molecule has 0 fully saturated rings. The molecule has 8 aromatic carbocycles. The first-order valence-electron chi connectivity index (χ1n) is 20.7. The molecule has 0 amide bonds. The van der Waals surface area contributed by atoms with Crippen molar-refractivity contribution in [2.75, 3.05) is 0 Å². The number of benzene rings is 8. The first-order chi connectivity index (χ1) is 29.4. The topological polar surface area (TPSA) is 43.6 Å². The van der Waals surface area contributed by atoms with Crippen molar-refractivity contribution in [3.05, 3.63) is 206 Å². The maximum Gasteiger partial charge on any atom is 0.226 e. The highest BCUT2D eigenvalue weighted by Gasteiger charge is 2.45. The van der Waals surface area contributed by atoms with E-state index in [1.807, 2.05) is 0 Å². The summed E-state index contributed by atoms with van der Waals surface area (Å²) < 4.78 is 2.45. The normalized spacial score (nSPS) is 12.2. The smallest absolute Gasteiger partial charge is 0.226 e. The minimum absolute atomic E-state index is 0.0168. The molecule has 0 saturated heterocycles. The Morgan fingerprint density at radius 1 is 0.400 bits per heavy atom. The Kier molecular flexibility index (Phi) is 8.36. The predicted molar refractivity (Wildman–Crippen MR) is 255 cm³/mol. The molecule has 0 spiro atoms. The number of fused-ring (bicyclic) bond motifs is 14. The summed E-state index contributed by atoms with van der Waals surface area (Å²) in [5.74, 6) is 0. The van der Waals surface area contributed by atoms with Crippen LogP contribution in [0.25, 0.3) is 71.1 Å². The first-order valence-corrected chi connectivity index (χ1v) is 22.7. The Hall–Kier alpha value is -7.21. The third-order valence-electron chi connectivity index (χ3n) is 12.3. The Balaban J connectivity index is 1.39. The van der Waals surface area contributed by atoms with E-state index in [0.29, 0.717) is 11.3 Å². The minimum Gasteiger partial charge on any atom is -0.309 e. The maximum atomic E-state index is 5.71. The Morgan fingerprint density at radius 3 is 1.38 bits per heavy atom. The molecule has 11 rings (SSSR count). The molecule has 5 heteroatoms. The van der Waals surface area contributed by atoms with Gasteiger partial charge in [-0.3, -0.25) is 0 Å². The molecule has 60 heavy (non-hydrogen) atoms. The maximum absolute atomic E-state index is 5.71. The second kappa shape index (κ2) is 14.0. The zero-order valence-corrected chi connectivity index (χ0v) is 34.8. The van der Waals surface area contributed by atoms with Gasteiger partial charge in [-0.25, -0.2) is 15.0 Å². The van der Waals surface area contributed by atoms with Gasteiger partial charge in [0.2, 0.25) is 8.07 Å². The van der Waals surface area contributed by atoms with Gasteiger partial charge < -0.3 is 4.57 Å². The van der Waals surface area contributed by atoms with Gasteiger partial charge >= 0.3 is 0 Å². The number of aromatic nitrogens is 4. The summed E-state index contributed by atoms with van der Waals surface area (Å²) in [7, 11) is -3.13. The lowest BCUT2D eigenvalue weighted by atomic mass is 9.86. The summed E-state index contributed by atoms with van der Waals surface area (Å²) in [6, 6.07) is 72.6. The molecule has 0 aliphatic rings. The van der Waals surface area contributed by atoms with Gasteiger partial charge in [-0.2, -0.15) is 0 Å². The average Bonchev–Trinajstić information content (AvgIpc) is 3.63. The first kappa shape index (κ1) is 35.9. The van der Waals surface area contributed by atoms with Crippen LogP contribution in [-0.4, -0.2) is 27.6 Å². The summed E-state index contributed by atoms with van der Waals surface area (Å²) in [5, 5.41) is 12.5. The summed E-state index contributed by atoms with van der Waals surface area (Å²) in [5.41, 5.74) is 6.88.